The highest BCUT2D eigenvalue weighted by atomic mass is 35.5. The van der Waals surface area contributed by atoms with Gasteiger partial charge in [0.2, 0.25) is 5.63 Å². The van der Waals surface area contributed by atoms with Crippen molar-refractivity contribution in [1.29, 1.82) is 0 Å². The van der Waals surface area contributed by atoms with E-state index in [4.69, 9.17) is 16.7 Å². The summed E-state index contributed by atoms with van der Waals surface area (Å²) >= 11 is 4.73. The maximum Gasteiger partial charge on any atom is 0.307 e. The fourth-order valence-corrected chi connectivity index (χ4v) is 1.93. The van der Waals surface area contributed by atoms with Crippen molar-refractivity contribution in [3.05, 3.63) is 11.7 Å². The number of rotatable bonds is 3. The molecule has 1 aliphatic carbocycles. The monoisotopic (exact) mass is 242 g/mol. The number of carboxylic acids is 1. The molecule has 0 aromatic heterocycles. The van der Waals surface area contributed by atoms with Crippen LogP contribution in [0.5, 0.6) is 0 Å². The Bertz CT molecular complexity index is 325. The summed E-state index contributed by atoms with van der Waals surface area (Å²) in [5, 5.41) is 8.69. The third-order valence-electron chi connectivity index (χ3n) is 2.79. The van der Waals surface area contributed by atoms with E-state index in [9.17, 15) is 18.0 Å². The molecule has 0 aliphatic heterocycles. The van der Waals surface area contributed by atoms with Crippen molar-refractivity contribution in [3.8, 4) is 0 Å². The average Bonchev–Trinajstić information content (AvgIpc) is 2.66. The van der Waals surface area contributed by atoms with Gasteiger partial charge in [0, 0.05) is 5.92 Å². The Kier molecular flexibility index (Phi) is 3.05. The second-order valence-corrected chi connectivity index (χ2v) is 4.49. The van der Waals surface area contributed by atoms with Crippen LogP contribution in [0.2, 0.25) is 0 Å². The molecule has 86 valence electrons. The van der Waals surface area contributed by atoms with E-state index in [1.807, 2.05) is 0 Å². The number of carboxylic acid groups (broad SMARTS) is 1. The van der Waals surface area contributed by atoms with Crippen molar-refractivity contribution in [1.82, 2.24) is 0 Å². The maximum atomic E-state index is 13.3. The Balaban J connectivity index is 2.94. The first-order chi connectivity index (χ1) is 6.71. The van der Waals surface area contributed by atoms with E-state index in [1.54, 1.807) is 0 Å². The molecule has 0 aromatic carbocycles. The SMILES string of the molecule is CC1(C)C(C(=O)O)C1/C(F)=C(\F)C(F)Cl. The van der Waals surface area contributed by atoms with Gasteiger partial charge in [-0.05, 0) is 5.41 Å². The molecule has 1 rings (SSSR count). The second kappa shape index (κ2) is 3.70. The zero-order valence-corrected chi connectivity index (χ0v) is 8.86. The smallest absolute Gasteiger partial charge is 0.307 e. The van der Waals surface area contributed by atoms with Crippen molar-refractivity contribution in [2.75, 3.05) is 0 Å². The van der Waals surface area contributed by atoms with E-state index >= 15 is 0 Å². The van der Waals surface area contributed by atoms with Gasteiger partial charge in [0.15, 0.2) is 5.83 Å². The fraction of sp³-hybridized carbons (Fsp3) is 0.667. The van der Waals surface area contributed by atoms with Crippen molar-refractivity contribution in [2.45, 2.75) is 19.5 Å². The number of alkyl halides is 2. The lowest BCUT2D eigenvalue weighted by Gasteiger charge is -2.01. The van der Waals surface area contributed by atoms with Crippen LogP contribution in [-0.4, -0.2) is 16.7 Å². The van der Waals surface area contributed by atoms with Gasteiger partial charge in [-0.3, -0.25) is 4.79 Å². The van der Waals surface area contributed by atoms with Crippen LogP contribution in [-0.2, 0) is 4.79 Å². The molecule has 1 fully saturated rings. The first kappa shape index (κ1) is 12.4. The molecule has 6 heteroatoms. The summed E-state index contributed by atoms with van der Waals surface area (Å²) in [6, 6.07) is 0. The highest BCUT2D eigenvalue weighted by Gasteiger charge is 2.65. The largest absolute Gasteiger partial charge is 0.481 e. The molecule has 0 heterocycles. The minimum atomic E-state index is -2.56. The van der Waals surface area contributed by atoms with E-state index in [0.29, 0.717) is 0 Å². The molecule has 0 saturated heterocycles. The summed E-state index contributed by atoms with van der Waals surface area (Å²) in [4.78, 5) is 10.6. The van der Waals surface area contributed by atoms with Crippen molar-refractivity contribution < 1.29 is 23.1 Å². The van der Waals surface area contributed by atoms with Gasteiger partial charge < -0.3 is 5.11 Å². The highest BCUT2D eigenvalue weighted by Crippen LogP contribution is 2.62. The van der Waals surface area contributed by atoms with Crippen LogP contribution >= 0.6 is 11.6 Å². The Morgan fingerprint density at radius 3 is 2.13 bits per heavy atom. The summed E-state index contributed by atoms with van der Waals surface area (Å²) in [6.45, 7) is 2.95. The molecule has 3 atom stereocenters. The number of allylic oxidation sites excluding steroid dienone is 2. The molecular weight excluding hydrogens is 233 g/mol. The lowest BCUT2D eigenvalue weighted by atomic mass is 10.1. The number of carbonyl (C=O) groups is 1. The molecule has 0 amide bonds. The minimum absolute atomic E-state index is 0.904. The quantitative estimate of drug-likeness (QED) is 0.773. The summed E-state index contributed by atoms with van der Waals surface area (Å²) in [5.74, 6) is -6.50. The third kappa shape index (κ3) is 1.97. The fourth-order valence-electron chi connectivity index (χ4n) is 1.82. The van der Waals surface area contributed by atoms with Gasteiger partial charge in [-0.1, -0.05) is 25.4 Å². The van der Waals surface area contributed by atoms with E-state index in [0.717, 1.165) is 0 Å². The molecule has 0 bridgehead atoms. The predicted octanol–water partition coefficient (Wildman–Crippen LogP) is 3.03. The molecule has 0 radical (unpaired) electrons. The normalized spacial score (nSPS) is 31.9. The lowest BCUT2D eigenvalue weighted by Crippen LogP contribution is -2.03. The van der Waals surface area contributed by atoms with Gasteiger partial charge in [-0.15, -0.1) is 0 Å². The van der Waals surface area contributed by atoms with Crippen LogP contribution in [0.3, 0.4) is 0 Å². The van der Waals surface area contributed by atoms with E-state index < -0.39 is 40.5 Å². The van der Waals surface area contributed by atoms with E-state index in [1.165, 1.54) is 13.8 Å². The second-order valence-electron chi connectivity index (χ2n) is 4.11. The van der Waals surface area contributed by atoms with Crippen molar-refractivity contribution in [3.63, 3.8) is 0 Å². The third-order valence-corrected chi connectivity index (χ3v) is 2.98. The molecule has 1 N–H and O–H groups in total. The van der Waals surface area contributed by atoms with Crippen LogP contribution in [0, 0.1) is 17.3 Å². The van der Waals surface area contributed by atoms with Crippen LogP contribution in [0.4, 0.5) is 13.2 Å². The standard InChI is InChI=1S/C9H10ClF3O2/c1-9(2)3(4(9)8(14)15)5(11)6(12)7(10)13/h3-4,7H,1-2H3,(H,14,15)/b6-5+. The molecule has 0 spiro atoms. The topological polar surface area (TPSA) is 37.3 Å². The van der Waals surface area contributed by atoms with E-state index in [-0.39, 0.29) is 0 Å². The summed E-state index contributed by atoms with van der Waals surface area (Å²) in [5.41, 5.74) is -3.46. The Morgan fingerprint density at radius 2 is 1.87 bits per heavy atom. The number of aliphatic carboxylic acids is 1. The van der Waals surface area contributed by atoms with Crippen LogP contribution in [0.25, 0.3) is 0 Å². The van der Waals surface area contributed by atoms with Crippen molar-refractivity contribution in [2.24, 2.45) is 17.3 Å². The molecule has 0 aromatic rings. The molecular formula is C9H10ClF3O2. The maximum absolute atomic E-state index is 13.3. The van der Waals surface area contributed by atoms with Crippen LogP contribution in [0.1, 0.15) is 13.8 Å². The van der Waals surface area contributed by atoms with Gasteiger partial charge in [0.25, 0.3) is 0 Å². The minimum Gasteiger partial charge on any atom is -0.481 e. The van der Waals surface area contributed by atoms with E-state index in [2.05, 4.69) is 0 Å². The van der Waals surface area contributed by atoms with Gasteiger partial charge >= 0.3 is 5.97 Å². The zero-order valence-electron chi connectivity index (χ0n) is 8.10. The molecule has 1 aliphatic rings. The summed E-state index contributed by atoms with van der Waals surface area (Å²) < 4.78 is 38.3. The molecule has 3 unspecified atom stereocenters. The molecule has 1 saturated carbocycles. The highest BCUT2D eigenvalue weighted by molar-refractivity contribution is 6.21. The summed E-state index contributed by atoms with van der Waals surface area (Å²) in [7, 11) is 0. The van der Waals surface area contributed by atoms with Gasteiger partial charge in [-0.25, -0.2) is 13.2 Å². The van der Waals surface area contributed by atoms with Gasteiger partial charge in [0.1, 0.15) is 5.83 Å². The number of halogens is 4. The number of hydrogen-bond donors (Lipinski definition) is 1. The van der Waals surface area contributed by atoms with Gasteiger partial charge in [0.05, 0.1) is 5.92 Å². The summed E-state index contributed by atoms with van der Waals surface area (Å²) in [6.07, 6.45) is 0. The Hall–Kier alpha value is -0.710. The van der Waals surface area contributed by atoms with Gasteiger partial charge in [-0.2, -0.15) is 0 Å². The van der Waals surface area contributed by atoms with Crippen LogP contribution in [0.15, 0.2) is 11.7 Å². The predicted molar refractivity (Wildman–Crippen MR) is 48.4 cm³/mol. The molecule has 2 nitrogen and oxygen atoms in total. The van der Waals surface area contributed by atoms with Crippen molar-refractivity contribution >= 4 is 17.6 Å². The zero-order chi connectivity index (χ0) is 12.0. The van der Waals surface area contributed by atoms with Crippen LogP contribution < -0.4 is 0 Å². The lowest BCUT2D eigenvalue weighted by molar-refractivity contribution is -0.139. The first-order valence-corrected chi connectivity index (χ1v) is 4.71. The average molecular weight is 243 g/mol. The number of hydrogen-bond acceptors (Lipinski definition) is 1. The Morgan fingerprint density at radius 1 is 1.40 bits per heavy atom. The first-order valence-electron chi connectivity index (χ1n) is 4.27. The molecule has 15 heavy (non-hydrogen) atoms. The Labute approximate surface area is 89.7 Å².